The van der Waals surface area contributed by atoms with Crippen molar-refractivity contribution >= 4 is 0 Å². The normalized spacial score (nSPS) is 32.4. The molecule has 0 saturated carbocycles. The van der Waals surface area contributed by atoms with Gasteiger partial charge in [-0.25, -0.2) is 4.79 Å². The molecule has 1 aliphatic heterocycles. The van der Waals surface area contributed by atoms with Crippen molar-refractivity contribution in [2.24, 2.45) is 0 Å². The van der Waals surface area contributed by atoms with E-state index in [1.54, 1.807) is 13.8 Å². The fourth-order valence-electron chi connectivity index (χ4n) is 2.02. The van der Waals surface area contributed by atoms with Crippen molar-refractivity contribution in [1.29, 1.82) is 0 Å². The van der Waals surface area contributed by atoms with Gasteiger partial charge in [-0.2, -0.15) is 0 Å². The zero-order valence-electron chi connectivity index (χ0n) is 10.2. The molecular weight excluding hydrogens is 240 g/mol. The minimum atomic E-state index is -0.971. The molecule has 1 aromatic heterocycles. The molecule has 2 rings (SSSR count). The van der Waals surface area contributed by atoms with Crippen LogP contribution in [0.15, 0.2) is 15.8 Å². The third kappa shape index (κ3) is 2.24. The summed E-state index contributed by atoms with van der Waals surface area (Å²) in [5, 5.41) is 19.2. The van der Waals surface area contributed by atoms with Crippen molar-refractivity contribution in [2.75, 3.05) is 0 Å². The second kappa shape index (κ2) is 4.68. The summed E-state index contributed by atoms with van der Waals surface area (Å²) in [6.07, 6.45) is -1.72. The summed E-state index contributed by atoms with van der Waals surface area (Å²) in [4.78, 5) is 25.1. The Labute approximate surface area is 103 Å². The number of aliphatic hydroxyl groups excluding tert-OH is 2. The molecule has 100 valence electrons. The highest BCUT2D eigenvalue weighted by Gasteiger charge is 2.35. The third-order valence-corrected chi connectivity index (χ3v) is 3.15. The Morgan fingerprint density at radius 1 is 1.44 bits per heavy atom. The first kappa shape index (κ1) is 13.0. The standard InChI is InChI=1S/C11H16N2O5/c1-5-4-13(11(17)12-10(5)16)8-3-7(14)9(15)6(2)18-8/h4,6-9,14-15H,3H2,1-2H3,(H,12,16,17)/t6-,7+,8-,9-/m1/s1. The summed E-state index contributed by atoms with van der Waals surface area (Å²) in [5.74, 6) is 0. The van der Waals surface area contributed by atoms with Gasteiger partial charge < -0.3 is 14.9 Å². The van der Waals surface area contributed by atoms with Gasteiger partial charge in [0.1, 0.15) is 12.3 Å². The fourth-order valence-corrected chi connectivity index (χ4v) is 2.02. The van der Waals surface area contributed by atoms with E-state index in [9.17, 15) is 19.8 Å². The van der Waals surface area contributed by atoms with Gasteiger partial charge in [0.2, 0.25) is 0 Å². The van der Waals surface area contributed by atoms with E-state index in [-0.39, 0.29) is 6.42 Å². The van der Waals surface area contributed by atoms with Crippen molar-refractivity contribution in [1.82, 2.24) is 9.55 Å². The third-order valence-electron chi connectivity index (χ3n) is 3.15. The zero-order chi connectivity index (χ0) is 13.4. The van der Waals surface area contributed by atoms with E-state index in [0.29, 0.717) is 5.56 Å². The minimum Gasteiger partial charge on any atom is -0.390 e. The first-order valence-corrected chi connectivity index (χ1v) is 5.74. The summed E-state index contributed by atoms with van der Waals surface area (Å²) >= 11 is 0. The summed E-state index contributed by atoms with van der Waals surface area (Å²) < 4.78 is 6.69. The molecule has 1 saturated heterocycles. The summed E-state index contributed by atoms with van der Waals surface area (Å²) in [7, 11) is 0. The molecule has 0 unspecified atom stereocenters. The van der Waals surface area contributed by atoms with E-state index in [0.717, 1.165) is 0 Å². The molecule has 18 heavy (non-hydrogen) atoms. The number of nitrogens with one attached hydrogen (secondary N) is 1. The van der Waals surface area contributed by atoms with E-state index in [2.05, 4.69) is 4.98 Å². The number of hydrogen-bond donors (Lipinski definition) is 3. The van der Waals surface area contributed by atoms with E-state index in [1.165, 1.54) is 10.8 Å². The topological polar surface area (TPSA) is 105 Å². The lowest BCUT2D eigenvalue weighted by molar-refractivity contribution is -0.185. The maximum absolute atomic E-state index is 11.7. The fraction of sp³-hybridized carbons (Fsp3) is 0.636. The number of rotatable bonds is 1. The average Bonchev–Trinajstić information content (AvgIpc) is 2.30. The van der Waals surface area contributed by atoms with Gasteiger partial charge >= 0.3 is 5.69 Å². The molecule has 7 heteroatoms. The Balaban J connectivity index is 2.36. The van der Waals surface area contributed by atoms with E-state index in [4.69, 9.17) is 4.74 Å². The van der Waals surface area contributed by atoms with Gasteiger partial charge in [-0.3, -0.25) is 14.3 Å². The Morgan fingerprint density at radius 2 is 2.11 bits per heavy atom. The van der Waals surface area contributed by atoms with Crippen molar-refractivity contribution < 1.29 is 14.9 Å². The van der Waals surface area contributed by atoms with Crippen LogP contribution in [0.3, 0.4) is 0 Å². The Morgan fingerprint density at radius 3 is 2.72 bits per heavy atom. The van der Waals surface area contributed by atoms with E-state index in [1.807, 2.05) is 0 Å². The van der Waals surface area contributed by atoms with Gasteiger partial charge in [0, 0.05) is 18.2 Å². The molecular formula is C11H16N2O5. The first-order chi connectivity index (χ1) is 8.40. The largest absolute Gasteiger partial charge is 0.390 e. The van der Waals surface area contributed by atoms with Crippen LogP contribution in [0.4, 0.5) is 0 Å². The molecule has 0 amide bonds. The molecule has 1 aliphatic rings. The molecule has 0 bridgehead atoms. The number of aromatic amines is 1. The van der Waals surface area contributed by atoms with Gasteiger partial charge in [0.15, 0.2) is 0 Å². The van der Waals surface area contributed by atoms with Crippen LogP contribution < -0.4 is 11.2 Å². The van der Waals surface area contributed by atoms with Crippen LogP contribution in [0.1, 0.15) is 25.1 Å². The molecule has 1 aromatic rings. The molecule has 7 nitrogen and oxygen atoms in total. The van der Waals surface area contributed by atoms with Crippen LogP contribution >= 0.6 is 0 Å². The lowest BCUT2D eigenvalue weighted by atomic mass is 10.0. The van der Waals surface area contributed by atoms with Gasteiger partial charge in [0.25, 0.3) is 5.56 Å². The SMILES string of the molecule is Cc1cn([C@H]2C[C@H](O)[C@H](O)[C@@H](C)O2)c(=O)[nH]c1=O. The van der Waals surface area contributed by atoms with Crippen molar-refractivity contribution in [3.8, 4) is 0 Å². The number of aromatic nitrogens is 2. The number of H-pyrrole nitrogens is 1. The highest BCUT2D eigenvalue weighted by Crippen LogP contribution is 2.26. The molecule has 4 atom stereocenters. The summed E-state index contributed by atoms with van der Waals surface area (Å²) in [6.45, 7) is 3.19. The van der Waals surface area contributed by atoms with Gasteiger partial charge in [0.05, 0.1) is 12.2 Å². The lowest BCUT2D eigenvalue weighted by Crippen LogP contribution is -2.47. The maximum Gasteiger partial charge on any atom is 0.330 e. The number of aryl methyl sites for hydroxylation is 1. The molecule has 0 aliphatic carbocycles. The second-order valence-corrected chi connectivity index (χ2v) is 4.57. The van der Waals surface area contributed by atoms with Crippen LogP contribution in [0.25, 0.3) is 0 Å². The highest BCUT2D eigenvalue weighted by molar-refractivity contribution is 5.01. The molecule has 2 heterocycles. The highest BCUT2D eigenvalue weighted by atomic mass is 16.5. The van der Waals surface area contributed by atoms with Crippen LogP contribution in [-0.4, -0.2) is 38.1 Å². The van der Waals surface area contributed by atoms with Crippen LogP contribution in [-0.2, 0) is 4.74 Å². The predicted molar refractivity (Wildman–Crippen MR) is 62.3 cm³/mol. The predicted octanol–water partition coefficient (Wildman–Crippen LogP) is -1.13. The first-order valence-electron chi connectivity index (χ1n) is 5.74. The lowest BCUT2D eigenvalue weighted by Gasteiger charge is -2.36. The number of hydrogen-bond acceptors (Lipinski definition) is 5. The Hall–Kier alpha value is -1.44. The van der Waals surface area contributed by atoms with Crippen LogP contribution in [0.5, 0.6) is 0 Å². The molecule has 0 aromatic carbocycles. The van der Waals surface area contributed by atoms with Gasteiger partial charge in [-0.05, 0) is 13.8 Å². The van der Waals surface area contributed by atoms with E-state index < -0.39 is 35.8 Å². The van der Waals surface area contributed by atoms with E-state index >= 15 is 0 Å². The quantitative estimate of drug-likeness (QED) is 0.590. The Bertz CT molecular complexity index is 537. The van der Waals surface area contributed by atoms with Crippen LogP contribution in [0, 0.1) is 6.92 Å². The van der Waals surface area contributed by atoms with Crippen LogP contribution in [0.2, 0.25) is 0 Å². The second-order valence-electron chi connectivity index (χ2n) is 4.57. The van der Waals surface area contributed by atoms with Crippen molar-refractivity contribution in [2.45, 2.75) is 44.8 Å². The molecule has 3 N–H and O–H groups in total. The molecule has 0 radical (unpaired) electrons. The maximum atomic E-state index is 11.7. The molecule has 0 spiro atoms. The zero-order valence-corrected chi connectivity index (χ0v) is 10.2. The molecule has 1 fully saturated rings. The minimum absolute atomic E-state index is 0.0941. The smallest absolute Gasteiger partial charge is 0.330 e. The average molecular weight is 256 g/mol. The monoisotopic (exact) mass is 256 g/mol. The summed E-state index contributed by atoms with van der Waals surface area (Å²) in [5.41, 5.74) is -0.654. The number of nitrogens with zero attached hydrogens (tertiary/aromatic N) is 1. The van der Waals surface area contributed by atoms with Gasteiger partial charge in [-0.1, -0.05) is 0 Å². The van der Waals surface area contributed by atoms with Crippen molar-refractivity contribution in [3.63, 3.8) is 0 Å². The number of aliphatic hydroxyl groups is 2. The number of ether oxygens (including phenoxy) is 1. The van der Waals surface area contributed by atoms with Crippen molar-refractivity contribution in [3.05, 3.63) is 32.6 Å². The Kier molecular flexibility index (Phi) is 3.38. The van der Waals surface area contributed by atoms with Gasteiger partial charge in [-0.15, -0.1) is 0 Å². The summed E-state index contributed by atoms with van der Waals surface area (Å²) in [6, 6.07) is 0.